The molecule has 0 unspecified atom stereocenters. The second-order valence-corrected chi connectivity index (χ2v) is 6.17. The third-order valence-electron chi connectivity index (χ3n) is 4.28. The first-order valence-corrected chi connectivity index (χ1v) is 6.68. The van der Waals surface area contributed by atoms with E-state index in [-0.39, 0.29) is 11.2 Å². The number of rotatable bonds is 4. The molecule has 2 fully saturated rings. The van der Waals surface area contributed by atoms with Gasteiger partial charge >= 0.3 is 7.12 Å². The molecule has 2 N–H and O–H groups in total. The lowest BCUT2D eigenvalue weighted by molar-refractivity contribution is 0.00578. The minimum absolute atomic E-state index is 0.351. The highest BCUT2D eigenvalue weighted by molar-refractivity contribution is 6.60. The van der Waals surface area contributed by atoms with Crippen LogP contribution in [0.15, 0.2) is 11.7 Å². The van der Waals surface area contributed by atoms with Crippen LogP contribution in [0.25, 0.3) is 0 Å². The maximum Gasteiger partial charge on any atom is 0.497 e. The quantitative estimate of drug-likeness (QED) is 0.594. The van der Waals surface area contributed by atoms with Crippen molar-refractivity contribution >= 4 is 13.3 Å². The van der Waals surface area contributed by atoms with Crippen LogP contribution in [0.3, 0.4) is 0 Å². The molecule has 0 amide bonds. The second-order valence-electron chi connectivity index (χ2n) is 6.17. The van der Waals surface area contributed by atoms with Gasteiger partial charge in [0.05, 0.1) is 11.2 Å². The number of nitrogens with one attached hydrogen (secondary N) is 2. The standard InChI is InChI=1S/C13H23BN2O2/c1-12(2)13(3,4)18-14(17-12)10(8-15)9-16-11-6-5-7-11/h8-9,11,15-16H,5-7H2,1-4H3/b10-9+,15-8?. The summed E-state index contributed by atoms with van der Waals surface area (Å²) in [7, 11) is -0.444. The molecule has 1 heterocycles. The summed E-state index contributed by atoms with van der Waals surface area (Å²) in [4.78, 5) is 0. The van der Waals surface area contributed by atoms with Crippen LogP contribution >= 0.6 is 0 Å². The predicted octanol–water partition coefficient (Wildman–Crippen LogP) is 2.29. The van der Waals surface area contributed by atoms with Crippen molar-refractivity contribution in [3.8, 4) is 0 Å². The molecule has 100 valence electrons. The summed E-state index contributed by atoms with van der Waals surface area (Å²) in [6.45, 7) is 8.09. The maximum atomic E-state index is 7.51. The topological polar surface area (TPSA) is 54.3 Å². The van der Waals surface area contributed by atoms with Crippen molar-refractivity contribution < 1.29 is 9.31 Å². The Kier molecular flexibility index (Phi) is 3.56. The van der Waals surface area contributed by atoms with Crippen molar-refractivity contribution in [2.24, 2.45) is 0 Å². The highest BCUT2D eigenvalue weighted by atomic mass is 16.7. The SMILES string of the molecule is CC1(C)OB(/C(C=N)=C/NC2CCC2)OC1(C)C. The second kappa shape index (κ2) is 4.70. The van der Waals surface area contributed by atoms with E-state index in [0.29, 0.717) is 6.04 Å². The van der Waals surface area contributed by atoms with E-state index in [2.05, 4.69) is 5.32 Å². The van der Waals surface area contributed by atoms with Crippen LogP contribution in [0.2, 0.25) is 0 Å². The lowest BCUT2D eigenvalue weighted by atomic mass is 9.79. The monoisotopic (exact) mass is 250 g/mol. The molecule has 18 heavy (non-hydrogen) atoms. The van der Waals surface area contributed by atoms with Crippen molar-refractivity contribution in [2.45, 2.75) is 64.2 Å². The Morgan fingerprint density at radius 2 is 1.78 bits per heavy atom. The van der Waals surface area contributed by atoms with E-state index in [9.17, 15) is 0 Å². The van der Waals surface area contributed by atoms with Crippen molar-refractivity contribution in [1.29, 1.82) is 5.41 Å². The summed E-state index contributed by atoms with van der Waals surface area (Å²) in [5.41, 5.74) is 0.0486. The van der Waals surface area contributed by atoms with Gasteiger partial charge in [-0.05, 0) is 53.2 Å². The smallest absolute Gasteiger partial charge is 0.399 e. The van der Waals surface area contributed by atoms with Gasteiger partial charge in [-0.15, -0.1) is 0 Å². The highest BCUT2D eigenvalue weighted by Gasteiger charge is 2.52. The fraction of sp³-hybridized carbons (Fsp3) is 0.769. The van der Waals surface area contributed by atoms with E-state index < -0.39 is 7.12 Å². The van der Waals surface area contributed by atoms with E-state index in [1.165, 1.54) is 25.5 Å². The third-order valence-corrected chi connectivity index (χ3v) is 4.28. The first kappa shape index (κ1) is 13.6. The van der Waals surface area contributed by atoms with Crippen LogP contribution in [0.1, 0.15) is 47.0 Å². The summed E-state index contributed by atoms with van der Waals surface area (Å²) in [5, 5.41) is 10.8. The Balaban J connectivity index is 2.03. The average Bonchev–Trinajstić information content (AvgIpc) is 2.40. The largest absolute Gasteiger partial charge is 0.497 e. The van der Waals surface area contributed by atoms with E-state index in [1.807, 2.05) is 33.9 Å². The van der Waals surface area contributed by atoms with Gasteiger partial charge < -0.3 is 20.0 Å². The molecule has 0 aromatic rings. The van der Waals surface area contributed by atoms with Crippen molar-refractivity contribution in [3.63, 3.8) is 0 Å². The Morgan fingerprint density at radius 3 is 2.17 bits per heavy atom. The minimum Gasteiger partial charge on any atom is -0.399 e. The molecule has 2 rings (SSSR count). The van der Waals surface area contributed by atoms with Crippen molar-refractivity contribution in [3.05, 3.63) is 11.7 Å². The molecule has 0 atom stereocenters. The summed E-state index contributed by atoms with van der Waals surface area (Å²) in [6, 6.07) is 0.558. The number of hydrogen-bond donors (Lipinski definition) is 2. The average molecular weight is 250 g/mol. The fourth-order valence-electron chi connectivity index (χ4n) is 1.95. The zero-order valence-corrected chi connectivity index (χ0v) is 11.7. The summed E-state index contributed by atoms with van der Waals surface area (Å²) < 4.78 is 11.8. The lowest BCUT2D eigenvalue weighted by Crippen LogP contribution is -2.41. The van der Waals surface area contributed by atoms with Crippen LogP contribution < -0.4 is 5.32 Å². The Hall–Kier alpha value is -0.805. The third kappa shape index (κ3) is 2.47. The molecule has 1 aliphatic carbocycles. The van der Waals surface area contributed by atoms with E-state index in [1.54, 1.807) is 0 Å². The molecule has 0 radical (unpaired) electrons. The molecular weight excluding hydrogens is 227 g/mol. The highest BCUT2D eigenvalue weighted by Crippen LogP contribution is 2.38. The lowest BCUT2D eigenvalue weighted by Gasteiger charge is -2.32. The molecule has 1 saturated carbocycles. The summed E-state index contributed by atoms with van der Waals surface area (Å²) in [5.74, 6) is 0. The molecular formula is C13H23BN2O2. The maximum absolute atomic E-state index is 7.51. The normalized spacial score (nSPS) is 26.9. The van der Waals surface area contributed by atoms with Crippen LogP contribution in [0.4, 0.5) is 0 Å². The van der Waals surface area contributed by atoms with Gasteiger partial charge in [0.15, 0.2) is 0 Å². The molecule has 5 heteroatoms. The van der Waals surface area contributed by atoms with Gasteiger partial charge in [0.1, 0.15) is 0 Å². The van der Waals surface area contributed by atoms with E-state index >= 15 is 0 Å². The molecule has 0 bridgehead atoms. The van der Waals surface area contributed by atoms with Crippen molar-refractivity contribution in [2.75, 3.05) is 0 Å². The molecule has 2 aliphatic rings. The minimum atomic E-state index is -0.444. The number of hydrogen-bond acceptors (Lipinski definition) is 4. The van der Waals surface area contributed by atoms with E-state index in [0.717, 1.165) is 5.47 Å². The molecule has 1 aliphatic heterocycles. The van der Waals surface area contributed by atoms with Crippen molar-refractivity contribution in [1.82, 2.24) is 5.32 Å². The number of allylic oxidation sites excluding steroid dienone is 1. The zero-order valence-electron chi connectivity index (χ0n) is 11.7. The van der Waals surface area contributed by atoms with E-state index in [4.69, 9.17) is 14.7 Å². The first-order valence-electron chi connectivity index (χ1n) is 6.68. The van der Waals surface area contributed by atoms with Crippen LogP contribution in [0.5, 0.6) is 0 Å². The van der Waals surface area contributed by atoms with Gasteiger partial charge in [0.2, 0.25) is 0 Å². The summed E-state index contributed by atoms with van der Waals surface area (Å²) >= 11 is 0. The molecule has 1 saturated heterocycles. The van der Waals surface area contributed by atoms with Gasteiger partial charge in [-0.2, -0.15) is 0 Å². The Labute approximate surface area is 110 Å². The van der Waals surface area contributed by atoms with Gasteiger partial charge in [0.25, 0.3) is 0 Å². The zero-order chi connectivity index (χ0) is 13.4. The Bertz CT molecular complexity index is 346. The predicted molar refractivity (Wildman–Crippen MR) is 73.7 cm³/mol. The fourth-order valence-corrected chi connectivity index (χ4v) is 1.95. The Morgan fingerprint density at radius 1 is 1.22 bits per heavy atom. The molecule has 0 spiro atoms. The first-order chi connectivity index (χ1) is 8.36. The van der Waals surface area contributed by atoms with Crippen LogP contribution in [0, 0.1) is 5.41 Å². The van der Waals surface area contributed by atoms with Gasteiger partial charge in [0, 0.05) is 17.7 Å². The molecule has 4 nitrogen and oxygen atoms in total. The van der Waals surface area contributed by atoms with Gasteiger partial charge in [-0.1, -0.05) is 0 Å². The molecule has 0 aromatic heterocycles. The summed E-state index contributed by atoms with van der Waals surface area (Å²) in [6.07, 6.45) is 6.91. The van der Waals surface area contributed by atoms with Crippen LogP contribution in [-0.2, 0) is 9.31 Å². The van der Waals surface area contributed by atoms with Gasteiger partial charge in [-0.25, -0.2) is 0 Å². The van der Waals surface area contributed by atoms with Crippen LogP contribution in [-0.4, -0.2) is 30.6 Å². The molecule has 0 aromatic carbocycles. The van der Waals surface area contributed by atoms with Gasteiger partial charge in [-0.3, -0.25) is 0 Å².